The van der Waals surface area contributed by atoms with Crippen LogP contribution in [0.25, 0.3) is 27.7 Å². The van der Waals surface area contributed by atoms with E-state index in [1.807, 2.05) is 18.2 Å². The quantitative estimate of drug-likeness (QED) is 0.248. The van der Waals surface area contributed by atoms with E-state index in [4.69, 9.17) is 23.1 Å². The molecule has 5 N–H and O–H groups in total. The first kappa shape index (κ1) is 28.8. The molecule has 214 valence electrons. The Balaban J connectivity index is 1.55. The number of fused-ring (bicyclic) bond motifs is 1. The number of rotatable bonds is 7. The van der Waals surface area contributed by atoms with Gasteiger partial charge in [-0.15, -0.1) is 0 Å². The number of amides is 1. The number of carbonyl (C=O) groups excluding carboxylic acids is 1. The van der Waals surface area contributed by atoms with Gasteiger partial charge in [0.25, 0.3) is 11.5 Å². The van der Waals surface area contributed by atoms with E-state index in [2.05, 4.69) is 15.3 Å². The summed E-state index contributed by atoms with van der Waals surface area (Å²) >= 11 is 6.40. The number of para-hydroxylation sites is 1. The number of carbonyl (C=O) groups is 1. The molecule has 10 nitrogen and oxygen atoms in total. The summed E-state index contributed by atoms with van der Waals surface area (Å²) in [6, 6.07) is 22.0. The summed E-state index contributed by atoms with van der Waals surface area (Å²) < 4.78 is 25.1. The lowest BCUT2D eigenvalue weighted by atomic mass is 10.1. The maximum absolute atomic E-state index is 13.7. The van der Waals surface area contributed by atoms with Crippen LogP contribution in [0.4, 0.5) is 11.6 Å². The minimum Gasteiger partial charge on any atom is -0.382 e. The Morgan fingerprint density at radius 3 is 2.40 bits per heavy atom. The van der Waals surface area contributed by atoms with Crippen molar-refractivity contribution < 1.29 is 13.2 Å². The van der Waals surface area contributed by atoms with Crippen molar-refractivity contribution in [2.75, 3.05) is 17.7 Å². The van der Waals surface area contributed by atoms with Gasteiger partial charge in [0.2, 0.25) is 0 Å². The number of pyridine rings is 1. The van der Waals surface area contributed by atoms with Crippen LogP contribution in [-0.2, 0) is 15.6 Å². The Kier molecular flexibility index (Phi) is 7.72. The van der Waals surface area contributed by atoms with Gasteiger partial charge in [0, 0.05) is 23.2 Å². The second-order valence-corrected chi connectivity index (χ2v) is 12.5. The monoisotopic (exact) mass is 602 g/mol. The number of hydrogen-bond donors (Lipinski definition) is 3. The number of sulfone groups is 1. The molecule has 0 unspecified atom stereocenters. The molecule has 0 saturated carbocycles. The Labute approximate surface area is 246 Å². The minimum absolute atomic E-state index is 0.0158. The molecule has 2 heterocycles. The second-order valence-electron chi connectivity index (χ2n) is 9.91. The van der Waals surface area contributed by atoms with Crippen molar-refractivity contribution >= 4 is 49.8 Å². The fourth-order valence-electron chi connectivity index (χ4n) is 4.79. The number of hydrogen-bond acceptors (Lipinski definition) is 8. The summed E-state index contributed by atoms with van der Waals surface area (Å²) in [5.74, 6) is -1.01. The molecular formula is C30H27ClN6O4S. The molecular weight excluding hydrogens is 576 g/mol. The number of nitrogens with two attached hydrogens (primary N) is 2. The Morgan fingerprint density at radius 2 is 1.69 bits per heavy atom. The van der Waals surface area contributed by atoms with Crippen LogP contribution in [-0.4, -0.2) is 35.1 Å². The molecule has 5 rings (SSSR count). The van der Waals surface area contributed by atoms with Crippen molar-refractivity contribution in [1.29, 1.82) is 0 Å². The first-order valence-corrected chi connectivity index (χ1v) is 15.3. The van der Waals surface area contributed by atoms with Crippen LogP contribution < -0.4 is 22.3 Å². The molecule has 12 heteroatoms. The van der Waals surface area contributed by atoms with E-state index in [-0.39, 0.29) is 34.3 Å². The number of halogens is 1. The summed E-state index contributed by atoms with van der Waals surface area (Å²) in [7, 11) is -3.28. The van der Waals surface area contributed by atoms with Crippen LogP contribution in [0.2, 0.25) is 5.02 Å². The largest absolute Gasteiger partial charge is 0.382 e. The molecule has 0 aliphatic carbocycles. The maximum Gasteiger partial charge on any atom is 0.274 e. The minimum atomic E-state index is -3.28. The van der Waals surface area contributed by atoms with Gasteiger partial charge in [-0.1, -0.05) is 60.1 Å². The molecule has 0 fully saturated rings. The van der Waals surface area contributed by atoms with Crippen LogP contribution in [0.5, 0.6) is 0 Å². The van der Waals surface area contributed by atoms with Crippen LogP contribution in [0.1, 0.15) is 34.7 Å². The van der Waals surface area contributed by atoms with Crippen molar-refractivity contribution in [3.05, 3.63) is 111 Å². The highest BCUT2D eigenvalue weighted by atomic mass is 35.5. The molecule has 42 heavy (non-hydrogen) atoms. The molecule has 1 amide bonds. The number of nitrogens with zero attached hydrogens (tertiary/aromatic N) is 3. The van der Waals surface area contributed by atoms with E-state index in [0.29, 0.717) is 38.3 Å². The number of benzene rings is 3. The summed E-state index contributed by atoms with van der Waals surface area (Å²) in [6.07, 6.45) is 1.14. The third kappa shape index (κ3) is 5.83. The first-order valence-electron chi connectivity index (χ1n) is 12.8. The number of aromatic nitrogens is 3. The maximum atomic E-state index is 13.7. The molecule has 0 spiro atoms. The summed E-state index contributed by atoms with van der Waals surface area (Å²) in [4.78, 5) is 35.8. The average Bonchev–Trinajstić information content (AvgIpc) is 2.92. The zero-order chi connectivity index (χ0) is 30.2. The van der Waals surface area contributed by atoms with Gasteiger partial charge >= 0.3 is 0 Å². The number of anilines is 2. The highest BCUT2D eigenvalue weighted by Crippen LogP contribution is 2.28. The van der Waals surface area contributed by atoms with Crippen LogP contribution in [0, 0.1) is 0 Å². The summed E-state index contributed by atoms with van der Waals surface area (Å²) in [5.41, 5.74) is 14.0. The normalized spacial score (nSPS) is 12.3. The van der Waals surface area contributed by atoms with E-state index in [0.717, 1.165) is 6.26 Å². The van der Waals surface area contributed by atoms with E-state index in [1.54, 1.807) is 67.6 Å². The van der Waals surface area contributed by atoms with Crippen molar-refractivity contribution in [2.45, 2.75) is 18.7 Å². The van der Waals surface area contributed by atoms with Gasteiger partial charge in [0.05, 0.1) is 22.2 Å². The second kappa shape index (κ2) is 11.3. The van der Waals surface area contributed by atoms with Gasteiger partial charge in [0.1, 0.15) is 5.69 Å². The van der Waals surface area contributed by atoms with E-state index in [1.165, 1.54) is 4.57 Å². The first-order chi connectivity index (χ1) is 19.9. The number of nitrogens with one attached hydrogen (secondary N) is 1. The Bertz CT molecular complexity index is 2010. The van der Waals surface area contributed by atoms with E-state index < -0.39 is 21.8 Å². The highest BCUT2D eigenvalue weighted by molar-refractivity contribution is 7.89. The Hall–Kier alpha value is -4.74. The van der Waals surface area contributed by atoms with Crippen molar-refractivity contribution in [3.63, 3.8) is 0 Å². The molecule has 0 bridgehead atoms. The van der Waals surface area contributed by atoms with Gasteiger partial charge in [-0.05, 0) is 48.2 Å². The lowest BCUT2D eigenvalue weighted by molar-refractivity contribution is 0.0934. The van der Waals surface area contributed by atoms with Gasteiger partial charge < -0.3 is 16.8 Å². The van der Waals surface area contributed by atoms with Crippen LogP contribution in [0.3, 0.4) is 0 Å². The molecule has 3 aromatic carbocycles. The van der Waals surface area contributed by atoms with Crippen molar-refractivity contribution in [1.82, 2.24) is 19.9 Å². The van der Waals surface area contributed by atoms with Crippen molar-refractivity contribution in [2.24, 2.45) is 0 Å². The van der Waals surface area contributed by atoms with Crippen LogP contribution >= 0.6 is 11.6 Å². The fraction of sp³-hybridized carbons (Fsp3) is 0.133. The fourth-order valence-corrected chi connectivity index (χ4v) is 5.84. The zero-order valence-corrected chi connectivity index (χ0v) is 24.3. The SMILES string of the molecule is C[C@H](NC(=O)c1nc(-c2cccc(CS(C)(=O)=O)c2)c(N)nc1N)c1cc2cccc(Cl)c2c(=O)n1-c1ccccc1. The highest BCUT2D eigenvalue weighted by Gasteiger charge is 2.23. The third-order valence-corrected chi connectivity index (χ3v) is 7.80. The molecule has 0 saturated heterocycles. The molecule has 5 aromatic rings. The predicted octanol–water partition coefficient (Wildman–Crippen LogP) is 4.30. The molecule has 0 aliphatic heterocycles. The van der Waals surface area contributed by atoms with E-state index in [9.17, 15) is 18.0 Å². The van der Waals surface area contributed by atoms with Gasteiger partial charge in [-0.3, -0.25) is 14.2 Å². The topological polar surface area (TPSA) is 163 Å². The lowest BCUT2D eigenvalue weighted by Gasteiger charge is -2.21. The van der Waals surface area contributed by atoms with Gasteiger partial charge in [-0.2, -0.15) is 0 Å². The molecule has 1 atom stereocenters. The lowest BCUT2D eigenvalue weighted by Crippen LogP contribution is -2.33. The van der Waals surface area contributed by atoms with Crippen molar-refractivity contribution in [3.8, 4) is 16.9 Å². The molecule has 2 aromatic heterocycles. The molecule has 0 aliphatic rings. The van der Waals surface area contributed by atoms with Gasteiger partial charge in [0.15, 0.2) is 27.2 Å². The zero-order valence-electron chi connectivity index (χ0n) is 22.7. The van der Waals surface area contributed by atoms with E-state index >= 15 is 0 Å². The predicted molar refractivity (Wildman–Crippen MR) is 165 cm³/mol. The third-order valence-electron chi connectivity index (χ3n) is 6.62. The number of nitrogen functional groups attached to an aromatic ring is 2. The molecule has 0 radical (unpaired) electrons. The average molecular weight is 603 g/mol. The summed E-state index contributed by atoms with van der Waals surface area (Å²) in [6.45, 7) is 1.74. The summed E-state index contributed by atoms with van der Waals surface area (Å²) in [5, 5.41) is 4.19. The standard InChI is InChI=1S/C30H27ClN6O4S/c1-17(23-15-19-9-7-13-22(31)24(19)30(39)37(23)21-11-4-3-5-12-21)34-29(38)26-28(33)36-27(32)25(35-26)20-10-6-8-18(14-20)16-42(2,40)41/h3-15,17H,16H2,1-2H3,(H,34,38)(H4,32,33,36)/t17-/m0/s1. The van der Waals surface area contributed by atoms with Gasteiger partial charge in [-0.25, -0.2) is 18.4 Å². The smallest absolute Gasteiger partial charge is 0.274 e. The van der Waals surface area contributed by atoms with Crippen LogP contribution in [0.15, 0.2) is 83.7 Å². The Morgan fingerprint density at radius 1 is 0.976 bits per heavy atom.